The van der Waals surface area contributed by atoms with Gasteiger partial charge in [0.25, 0.3) is 0 Å². The third kappa shape index (κ3) is 4.51. The van der Waals surface area contributed by atoms with Crippen LogP contribution in [0.15, 0.2) is 24.3 Å². The summed E-state index contributed by atoms with van der Waals surface area (Å²) >= 11 is 0. The third-order valence-corrected chi connectivity index (χ3v) is 7.96. The van der Waals surface area contributed by atoms with Crippen molar-refractivity contribution in [2.45, 2.75) is 57.0 Å². The Bertz CT molecular complexity index is 798. The van der Waals surface area contributed by atoms with E-state index in [0.717, 1.165) is 24.2 Å². The number of sulfonamides is 1. The molecule has 0 unspecified atom stereocenters. The highest BCUT2D eigenvalue weighted by atomic mass is 32.2. The molecule has 0 radical (unpaired) electrons. The van der Waals surface area contributed by atoms with E-state index in [1.165, 1.54) is 0 Å². The smallest absolute Gasteiger partial charge is 0.222 e. The number of benzene rings is 1. The maximum absolute atomic E-state index is 12.5. The quantitative estimate of drug-likeness (QED) is 0.726. The fourth-order valence-corrected chi connectivity index (χ4v) is 5.90. The highest BCUT2D eigenvalue weighted by molar-refractivity contribution is 7.89. The van der Waals surface area contributed by atoms with Crippen LogP contribution in [-0.2, 0) is 14.8 Å². The predicted octanol–water partition coefficient (Wildman–Crippen LogP) is 3.00. The number of amides is 1. The number of nitrogens with zero attached hydrogens (tertiary/aromatic N) is 2. The van der Waals surface area contributed by atoms with Crippen LogP contribution >= 0.6 is 0 Å². The van der Waals surface area contributed by atoms with E-state index in [0.29, 0.717) is 38.8 Å². The molecule has 2 aliphatic heterocycles. The monoisotopic (exact) mass is 408 g/mol. The fourth-order valence-electron chi connectivity index (χ4n) is 4.25. The number of hydrogen-bond acceptors (Lipinski definition) is 4. The van der Waals surface area contributed by atoms with Crippen molar-refractivity contribution in [3.63, 3.8) is 0 Å². The second kappa shape index (κ2) is 8.41. The molecule has 1 aromatic carbocycles. The number of hydrogen-bond donors (Lipinski definition) is 0. The molecule has 0 saturated carbocycles. The van der Waals surface area contributed by atoms with Crippen molar-refractivity contribution in [2.75, 3.05) is 32.9 Å². The van der Waals surface area contributed by atoms with E-state index in [9.17, 15) is 13.2 Å². The van der Waals surface area contributed by atoms with Gasteiger partial charge in [-0.15, -0.1) is 0 Å². The van der Waals surface area contributed by atoms with Gasteiger partial charge in [0.15, 0.2) is 0 Å². The van der Waals surface area contributed by atoms with E-state index in [-0.39, 0.29) is 23.2 Å². The zero-order valence-electron chi connectivity index (χ0n) is 17.2. The maximum atomic E-state index is 12.5. The van der Waals surface area contributed by atoms with Crippen LogP contribution in [0.1, 0.15) is 56.9 Å². The van der Waals surface area contributed by atoms with Crippen LogP contribution in [0, 0.1) is 0 Å². The Morgan fingerprint density at radius 1 is 1.25 bits per heavy atom. The highest BCUT2D eigenvalue weighted by Gasteiger charge is 2.45. The first-order valence-electron chi connectivity index (χ1n) is 10.2. The number of rotatable bonds is 6. The van der Waals surface area contributed by atoms with Crippen LogP contribution in [0.4, 0.5) is 0 Å². The summed E-state index contributed by atoms with van der Waals surface area (Å²) in [6.07, 6.45) is 4.11. The van der Waals surface area contributed by atoms with Crippen molar-refractivity contribution >= 4 is 15.9 Å². The molecule has 1 saturated heterocycles. The number of unbranched alkanes of at least 4 members (excludes halogenated alkanes) is 1. The van der Waals surface area contributed by atoms with Crippen molar-refractivity contribution in [3.8, 4) is 5.75 Å². The summed E-state index contributed by atoms with van der Waals surface area (Å²) in [7, 11) is 0.373. The van der Waals surface area contributed by atoms with Crippen molar-refractivity contribution in [1.29, 1.82) is 0 Å². The molecule has 156 valence electrons. The summed E-state index contributed by atoms with van der Waals surface area (Å²) in [5, 5.41) is 0. The van der Waals surface area contributed by atoms with Crippen molar-refractivity contribution in [3.05, 3.63) is 29.8 Å². The normalized spacial score (nSPS) is 21.8. The van der Waals surface area contributed by atoms with Crippen LogP contribution in [0.2, 0.25) is 0 Å². The summed E-state index contributed by atoms with van der Waals surface area (Å²) < 4.78 is 33.1. The number of fused-ring (bicyclic) bond motifs is 1. The Balaban J connectivity index is 1.76. The molecule has 1 aromatic rings. The summed E-state index contributed by atoms with van der Waals surface area (Å²) in [6.45, 7) is 2.98. The SMILES string of the molecule is CCCCS(=O)(=O)N1CCC2(CC1)C[C@H](CC(=O)N(C)C)c1ccccc1O2. The van der Waals surface area contributed by atoms with Crippen LogP contribution in [-0.4, -0.2) is 62.1 Å². The average Bonchev–Trinajstić information content (AvgIpc) is 2.66. The Labute approximate surface area is 168 Å². The third-order valence-electron chi connectivity index (χ3n) is 6.01. The van der Waals surface area contributed by atoms with Crippen molar-refractivity contribution in [2.24, 2.45) is 0 Å². The lowest BCUT2D eigenvalue weighted by Crippen LogP contribution is -2.52. The van der Waals surface area contributed by atoms with E-state index in [2.05, 4.69) is 0 Å². The fraction of sp³-hybridized carbons (Fsp3) is 0.667. The van der Waals surface area contributed by atoms with E-state index in [1.807, 2.05) is 31.2 Å². The van der Waals surface area contributed by atoms with Gasteiger partial charge in [0.1, 0.15) is 11.4 Å². The molecule has 1 atom stereocenters. The Hall–Kier alpha value is -1.60. The minimum absolute atomic E-state index is 0.100. The van der Waals surface area contributed by atoms with E-state index >= 15 is 0 Å². The summed E-state index contributed by atoms with van der Waals surface area (Å²) in [6, 6.07) is 7.94. The van der Waals surface area contributed by atoms with Gasteiger partial charge in [-0.2, -0.15) is 0 Å². The zero-order chi connectivity index (χ0) is 20.4. The van der Waals surface area contributed by atoms with Gasteiger partial charge in [0.05, 0.1) is 5.75 Å². The standard InChI is InChI=1S/C21H32N2O4S/c1-4-5-14-28(25,26)23-12-10-21(11-13-23)16-17(15-20(24)22(2)3)18-8-6-7-9-19(18)27-21/h6-9,17H,4-5,10-16H2,1-3H3/t17-/m0/s1. The molecule has 6 nitrogen and oxygen atoms in total. The molecule has 2 heterocycles. The maximum Gasteiger partial charge on any atom is 0.222 e. The summed E-state index contributed by atoms with van der Waals surface area (Å²) in [4.78, 5) is 14.0. The van der Waals surface area contributed by atoms with Crippen LogP contribution in [0.25, 0.3) is 0 Å². The Kier molecular flexibility index (Phi) is 6.34. The lowest BCUT2D eigenvalue weighted by Gasteiger charge is -2.46. The molecule has 7 heteroatoms. The molecular weight excluding hydrogens is 376 g/mol. The van der Waals surface area contributed by atoms with E-state index in [1.54, 1.807) is 23.3 Å². The molecule has 1 fully saturated rings. The largest absolute Gasteiger partial charge is 0.487 e. The minimum Gasteiger partial charge on any atom is -0.487 e. The van der Waals surface area contributed by atoms with E-state index < -0.39 is 10.0 Å². The van der Waals surface area contributed by atoms with Crippen LogP contribution in [0.5, 0.6) is 5.75 Å². The average molecular weight is 409 g/mol. The molecule has 1 spiro atoms. The van der Waals surface area contributed by atoms with Gasteiger partial charge in [0.2, 0.25) is 15.9 Å². The molecule has 0 aliphatic carbocycles. The van der Waals surface area contributed by atoms with Crippen molar-refractivity contribution in [1.82, 2.24) is 9.21 Å². The molecule has 0 aromatic heterocycles. The molecule has 0 bridgehead atoms. The number of ether oxygens (including phenoxy) is 1. The Morgan fingerprint density at radius 3 is 2.57 bits per heavy atom. The molecule has 1 amide bonds. The van der Waals surface area contributed by atoms with Gasteiger partial charge in [-0.05, 0) is 24.5 Å². The van der Waals surface area contributed by atoms with Gasteiger partial charge >= 0.3 is 0 Å². The summed E-state index contributed by atoms with van der Waals surface area (Å²) in [5.41, 5.74) is 0.698. The summed E-state index contributed by atoms with van der Waals surface area (Å²) in [5.74, 6) is 1.27. The Morgan fingerprint density at radius 2 is 1.93 bits per heavy atom. The predicted molar refractivity (Wildman–Crippen MR) is 110 cm³/mol. The number of piperidine rings is 1. The molecular formula is C21H32N2O4S. The van der Waals surface area contributed by atoms with Crippen molar-refractivity contribution < 1.29 is 17.9 Å². The first kappa shape index (κ1) is 21.1. The van der Waals surface area contributed by atoms with E-state index in [4.69, 9.17) is 4.74 Å². The zero-order valence-corrected chi connectivity index (χ0v) is 18.0. The number of carbonyl (C=O) groups excluding carboxylic acids is 1. The first-order valence-corrected chi connectivity index (χ1v) is 11.8. The molecule has 0 N–H and O–H groups in total. The van der Waals surface area contributed by atoms with Crippen LogP contribution in [0.3, 0.4) is 0 Å². The first-order chi connectivity index (χ1) is 13.3. The number of carbonyl (C=O) groups is 1. The van der Waals surface area contributed by atoms with Gasteiger partial charge in [-0.3, -0.25) is 4.79 Å². The molecule has 2 aliphatic rings. The van der Waals surface area contributed by atoms with Gasteiger partial charge in [-0.1, -0.05) is 31.5 Å². The topological polar surface area (TPSA) is 66.9 Å². The highest BCUT2D eigenvalue weighted by Crippen LogP contribution is 2.46. The minimum atomic E-state index is -3.19. The van der Waals surface area contributed by atoms with Crippen LogP contribution < -0.4 is 4.74 Å². The second-order valence-corrected chi connectivity index (χ2v) is 10.4. The van der Waals surface area contributed by atoms with Gasteiger partial charge < -0.3 is 9.64 Å². The van der Waals surface area contributed by atoms with Gasteiger partial charge in [-0.25, -0.2) is 12.7 Å². The lowest BCUT2D eigenvalue weighted by molar-refractivity contribution is -0.129. The molecule has 28 heavy (non-hydrogen) atoms. The molecule has 3 rings (SSSR count). The van der Waals surface area contributed by atoms with Gasteiger partial charge in [0, 0.05) is 52.4 Å². The second-order valence-electron chi connectivity index (χ2n) is 8.28. The lowest BCUT2D eigenvalue weighted by atomic mass is 9.76. The number of para-hydroxylation sites is 1.